The highest BCUT2D eigenvalue weighted by molar-refractivity contribution is 7.71. The molecule has 4 rings (SSSR count). The first-order chi connectivity index (χ1) is 14.1. The fourth-order valence-corrected chi connectivity index (χ4v) is 4.67. The lowest BCUT2D eigenvalue weighted by molar-refractivity contribution is 0.354. The second-order valence-corrected chi connectivity index (χ2v) is 7.98. The van der Waals surface area contributed by atoms with Crippen LogP contribution in [-0.4, -0.2) is 23.8 Å². The molecule has 0 aliphatic rings. The zero-order valence-electron chi connectivity index (χ0n) is 16.1. The van der Waals surface area contributed by atoms with E-state index in [1.807, 2.05) is 54.6 Å². The molecule has 0 spiro atoms. The largest absolute Gasteiger partial charge is 0.493 e. The summed E-state index contributed by atoms with van der Waals surface area (Å²) in [5, 5.41) is 0.662. The zero-order valence-corrected chi connectivity index (χ0v) is 17.7. The Labute approximate surface area is 177 Å². The Morgan fingerprint density at radius 2 is 1.79 bits per heavy atom. The number of benzene rings is 2. The van der Waals surface area contributed by atoms with Crippen LogP contribution in [0.3, 0.4) is 0 Å². The molecule has 2 aromatic carbocycles. The molecule has 0 saturated heterocycles. The molecule has 7 heteroatoms. The first-order valence-corrected chi connectivity index (χ1v) is 10.4. The van der Waals surface area contributed by atoms with E-state index in [9.17, 15) is 4.79 Å². The Morgan fingerprint density at radius 1 is 1.03 bits per heavy atom. The SMILES string of the molecule is COc1ccc(CCn2c(=S)[nH]c3sc(-c4ccccc4)cc3c2=O)cc1OC. The van der Waals surface area contributed by atoms with E-state index in [1.165, 1.54) is 0 Å². The molecule has 0 amide bonds. The van der Waals surface area contributed by atoms with Crippen molar-refractivity contribution >= 4 is 33.8 Å². The number of aromatic amines is 1. The van der Waals surface area contributed by atoms with Crippen molar-refractivity contribution in [3.63, 3.8) is 0 Å². The van der Waals surface area contributed by atoms with Gasteiger partial charge in [-0.05, 0) is 48.0 Å². The van der Waals surface area contributed by atoms with Crippen LogP contribution in [0.25, 0.3) is 20.7 Å². The van der Waals surface area contributed by atoms with Gasteiger partial charge in [-0.15, -0.1) is 11.3 Å². The summed E-state index contributed by atoms with van der Waals surface area (Å²) in [5.74, 6) is 1.35. The Kier molecular flexibility index (Phi) is 5.51. The molecule has 0 bridgehead atoms. The highest BCUT2D eigenvalue weighted by Crippen LogP contribution is 2.31. The summed E-state index contributed by atoms with van der Waals surface area (Å²) in [5.41, 5.74) is 2.06. The quantitative estimate of drug-likeness (QED) is 0.440. The Hall–Kier alpha value is -2.90. The lowest BCUT2D eigenvalue weighted by Gasteiger charge is -2.10. The number of rotatable bonds is 6. The maximum atomic E-state index is 13.1. The van der Waals surface area contributed by atoms with E-state index in [2.05, 4.69) is 4.98 Å². The highest BCUT2D eigenvalue weighted by Gasteiger charge is 2.12. The van der Waals surface area contributed by atoms with E-state index in [4.69, 9.17) is 21.7 Å². The number of hydrogen-bond acceptors (Lipinski definition) is 5. The average Bonchev–Trinajstić information content (AvgIpc) is 3.18. The minimum Gasteiger partial charge on any atom is -0.493 e. The highest BCUT2D eigenvalue weighted by atomic mass is 32.1. The maximum Gasteiger partial charge on any atom is 0.263 e. The van der Waals surface area contributed by atoms with Crippen molar-refractivity contribution in [3.05, 3.63) is 75.3 Å². The molecule has 2 heterocycles. The van der Waals surface area contributed by atoms with Gasteiger partial charge in [0.25, 0.3) is 5.56 Å². The van der Waals surface area contributed by atoms with Gasteiger partial charge in [0.15, 0.2) is 16.3 Å². The Morgan fingerprint density at radius 3 is 2.52 bits per heavy atom. The van der Waals surface area contributed by atoms with Crippen LogP contribution >= 0.6 is 23.6 Å². The second kappa shape index (κ2) is 8.23. The number of thiophene rings is 1. The molecular weight excluding hydrogens is 404 g/mol. The van der Waals surface area contributed by atoms with Gasteiger partial charge < -0.3 is 14.5 Å². The minimum atomic E-state index is -0.0670. The van der Waals surface area contributed by atoms with Crippen molar-refractivity contribution in [2.45, 2.75) is 13.0 Å². The number of hydrogen-bond donors (Lipinski definition) is 1. The van der Waals surface area contributed by atoms with Crippen LogP contribution in [0, 0.1) is 4.77 Å². The second-order valence-electron chi connectivity index (χ2n) is 6.55. The molecule has 0 fully saturated rings. The van der Waals surface area contributed by atoms with Crippen LogP contribution in [-0.2, 0) is 13.0 Å². The number of aryl methyl sites for hydroxylation is 1. The van der Waals surface area contributed by atoms with E-state index in [0.29, 0.717) is 34.6 Å². The van der Waals surface area contributed by atoms with Crippen molar-refractivity contribution < 1.29 is 9.47 Å². The molecule has 0 unspecified atom stereocenters. The molecular formula is C22H20N2O3S2. The molecule has 0 aliphatic heterocycles. The first-order valence-electron chi connectivity index (χ1n) is 9.13. The van der Waals surface area contributed by atoms with Crippen LogP contribution in [0.15, 0.2) is 59.4 Å². The van der Waals surface area contributed by atoms with Gasteiger partial charge in [0, 0.05) is 11.4 Å². The Bertz CT molecular complexity index is 1270. The van der Waals surface area contributed by atoms with Gasteiger partial charge in [0.1, 0.15) is 4.83 Å². The number of H-pyrrole nitrogens is 1. The third-order valence-corrected chi connectivity index (χ3v) is 6.23. The lowest BCUT2D eigenvalue weighted by atomic mass is 10.1. The van der Waals surface area contributed by atoms with Gasteiger partial charge in [-0.2, -0.15) is 0 Å². The molecule has 5 nitrogen and oxygen atoms in total. The van der Waals surface area contributed by atoms with E-state index in [1.54, 1.807) is 30.1 Å². The number of methoxy groups -OCH3 is 2. The summed E-state index contributed by atoms with van der Waals surface area (Å²) in [6.07, 6.45) is 0.652. The third kappa shape index (κ3) is 3.83. The summed E-state index contributed by atoms with van der Waals surface area (Å²) in [6.45, 7) is 0.482. The van der Waals surface area contributed by atoms with Crippen LogP contribution in [0.1, 0.15) is 5.56 Å². The van der Waals surface area contributed by atoms with Gasteiger partial charge in [-0.25, -0.2) is 0 Å². The molecule has 148 valence electrons. The molecule has 0 saturated carbocycles. The van der Waals surface area contributed by atoms with Crippen molar-refractivity contribution in [1.82, 2.24) is 9.55 Å². The van der Waals surface area contributed by atoms with E-state index >= 15 is 0 Å². The fraction of sp³-hybridized carbons (Fsp3) is 0.182. The van der Waals surface area contributed by atoms with Crippen molar-refractivity contribution in [3.8, 4) is 21.9 Å². The van der Waals surface area contributed by atoms with Crippen LogP contribution < -0.4 is 15.0 Å². The van der Waals surface area contributed by atoms with Gasteiger partial charge in [0.2, 0.25) is 0 Å². The number of nitrogens with one attached hydrogen (secondary N) is 1. The summed E-state index contributed by atoms with van der Waals surface area (Å²) in [7, 11) is 3.22. The average molecular weight is 425 g/mol. The monoisotopic (exact) mass is 424 g/mol. The van der Waals surface area contributed by atoms with Gasteiger partial charge in [-0.3, -0.25) is 9.36 Å². The molecule has 2 aromatic heterocycles. The topological polar surface area (TPSA) is 56.2 Å². The number of aromatic nitrogens is 2. The molecule has 4 aromatic rings. The number of fused-ring (bicyclic) bond motifs is 1. The fourth-order valence-electron chi connectivity index (χ4n) is 3.27. The number of nitrogens with zero attached hydrogens (tertiary/aromatic N) is 1. The predicted molar refractivity (Wildman–Crippen MR) is 120 cm³/mol. The first kappa shape index (κ1) is 19.4. The smallest absolute Gasteiger partial charge is 0.263 e. The Balaban J connectivity index is 1.66. The molecule has 0 aliphatic carbocycles. The molecule has 0 atom stereocenters. The summed E-state index contributed by atoms with van der Waals surface area (Å²) >= 11 is 7.01. The van der Waals surface area contributed by atoms with Crippen LogP contribution in [0.5, 0.6) is 11.5 Å². The van der Waals surface area contributed by atoms with Crippen LogP contribution in [0.2, 0.25) is 0 Å². The van der Waals surface area contributed by atoms with Crippen molar-refractivity contribution in [2.75, 3.05) is 14.2 Å². The van der Waals surface area contributed by atoms with Crippen molar-refractivity contribution in [2.24, 2.45) is 0 Å². The molecule has 1 N–H and O–H groups in total. The normalized spacial score (nSPS) is 11.0. The van der Waals surface area contributed by atoms with Crippen molar-refractivity contribution in [1.29, 1.82) is 0 Å². The van der Waals surface area contributed by atoms with Gasteiger partial charge >= 0.3 is 0 Å². The van der Waals surface area contributed by atoms with E-state index in [-0.39, 0.29) is 5.56 Å². The standard InChI is InChI=1S/C22H20N2O3S2/c1-26-17-9-8-14(12-18(17)27-2)10-11-24-21(25)16-13-19(15-6-4-3-5-7-15)29-20(16)23-22(24)28/h3-9,12-13H,10-11H2,1-2H3,(H,23,28). The summed E-state index contributed by atoms with van der Waals surface area (Å²) < 4.78 is 12.7. The minimum absolute atomic E-state index is 0.0670. The summed E-state index contributed by atoms with van der Waals surface area (Å²) in [6, 6.07) is 17.7. The zero-order chi connectivity index (χ0) is 20.4. The molecule has 0 radical (unpaired) electrons. The lowest BCUT2D eigenvalue weighted by Crippen LogP contribution is -2.22. The number of ether oxygens (including phenoxy) is 2. The van der Waals surface area contributed by atoms with Gasteiger partial charge in [-0.1, -0.05) is 36.4 Å². The van der Waals surface area contributed by atoms with E-state index in [0.717, 1.165) is 20.8 Å². The van der Waals surface area contributed by atoms with Crippen LogP contribution in [0.4, 0.5) is 0 Å². The third-order valence-electron chi connectivity index (χ3n) is 4.80. The predicted octanol–water partition coefficient (Wildman–Crippen LogP) is 5.05. The molecule has 29 heavy (non-hydrogen) atoms. The summed E-state index contributed by atoms with van der Waals surface area (Å²) in [4.78, 5) is 18.1. The maximum absolute atomic E-state index is 13.1. The van der Waals surface area contributed by atoms with Gasteiger partial charge in [0.05, 0.1) is 19.6 Å². The van der Waals surface area contributed by atoms with E-state index < -0.39 is 0 Å².